The van der Waals surface area contributed by atoms with E-state index in [2.05, 4.69) is 16.0 Å². The second-order valence-corrected chi connectivity index (χ2v) is 6.01. The number of likely N-dealkylation sites (N-methyl/N-ethyl adjacent to an activating group) is 1. The summed E-state index contributed by atoms with van der Waals surface area (Å²) in [7, 11) is 0. The van der Waals surface area contributed by atoms with Crippen molar-refractivity contribution in [2.75, 3.05) is 18.4 Å². The van der Waals surface area contributed by atoms with Gasteiger partial charge in [-0.3, -0.25) is 9.59 Å². The number of carbonyl (C=O) groups is 2. The summed E-state index contributed by atoms with van der Waals surface area (Å²) in [6.45, 7) is 9.05. The van der Waals surface area contributed by atoms with E-state index in [0.29, 0.717) is 13.0 Å². The van der Waals surface area contributed by atoms with Crippen molar-refractivity contribution < 1.29 is 14.0 Å². The molecule has 0 aliphatic carbocycles. The molecule has 0 spiro atoms. The highest BCUT2D eigenvalue weighted by Crippen LogP contribution is 2.16. The van der Waals surface area contributed by atoms with Crippen LogP contribution in [0.2, 0.25) is 0 Å². The molecule has 5 nitrogen and oxygen atoms in total. The molecule has 0 saturated carbocycles. The van der Waals surface area contributed by atoms with Crippen LogP contribution < -0.4 is 16.0 Å². The Hall–Kier alpha value is -1.95. The van der Waals surface area contributed by atoms with Gasteiger partial charge in [0.15, 0.2) is 0 Å². The zero-order valence-corrected chi connectivity index (χ0v) is 14.2. The Morgan fingerprint density at radius 2 is 1.91 bits per heavy atom. The van der Waals surface area contributed by atoms with E-state index in [-0.39, 0.29) is 35.0 Å². The SMILES string of the molecule is CCN[C@H](C)CNC(=O)c1ccc(NC(=O)CC(C)C)c(F)c1. The van der Waals surface area contributed by atoms with Gasteiger partial charge in [-0.2, -0.15) is 0 Å². The third kappa shape index (κ3) is 6.78. The molecule has 1 aromatic carbocycles. The van der Waals surface area contributed by atoms with Crippen molar-refractivity contribution in [3.8, 4) is 0 Å². The second kappa shape index (κ2) is 9.25. The van der Waals surface area contributed by atoms with Gasteiger partial charge in [0, 0.05) is 24.6 Å². The van der Waals surface area contributed by atoms with E-state index in [1.54, 1.807) is 0 Å². The smallest absolute Gasteiger partial charge is 0.251 e. The van der Waals surface area contributed by atoms with Gasteiger partial charge < -0.3 is 16.0 Å². The lowest BCUT2D eigenvalue weighted by molar-refractivity contribution is -0.116. The lowest BCUT2D eigenvalue weighted by atomic mass is 10.1. The number of benzene rings is 1. The Labute approximate surface area is 137 Å². The van der Waals surface area contributed by atoms with Crippen molar-refractivity contribution in [3.63, 3.8) is 0 Å². The standard InChI is InChI=1S/C17H26FN3O2/c1-5-19-12(4)10-20-17(23)13-6-7-15(14(18)9-13)21-16(22)8-11(2)3/h6-7,9,11-12,19H,5,8,10H2,1-4H3,(H,20,23)(H,21,22)/t12-/m1/s1. The Morgan fingerprint density at radius 1 is 1.22 bits per heavy atom. The summed E-state index contributed by atoms with van der Waals surface area (Å²) >= 11 is 0. The first kappa shape index (κ1) is 19.1. The lowest BCUT2D eigenvalue weighted by Gasteiger charge is -2.13. The highest BCUT2D eigenvalue weighted by atomic mass is 19.1. The highest BCUT2D eigenvalue weighted by Gasteiger charge is 2.13. The molecule has 0 bridgehead atoms. The van der Waals surface area contributed by atoms with Crippen LogP contribution >= 0.6 is 0 Å². The van der Waals surface area contributed by atoms with Gasteiger partial charge in [-0.25, -0.2) is 4.39 Å². The first-order chi connectivity index (χ1) is 10.8. The lowest BCUT2D eigenvalue weighted by Crippen LogP contribution is -2.38. The topological polar surface area (TPSA) is 70.2 Å². The van der Waals surface area contributed by atoms with Crippen molar-refractivity contribution in [1.29, 1.82) is 0 Å². The molecule has 0 unspecified atom stereocenters. The summed E-state index contributed by atoms with van der Waals surface area (Å²) < 4.78 is 14.0. The quantitative estimate of drug-likeness (QED) is 0.688. The fourth-order valence-electron chi connectivity index (χ4n) is 2.10. The molecule has 1 aromatic rings. The van der Waals surface area contributed by atoms with Gasteiger partial charge in [0.05, 0.1) is 5.69 Å². The van der Waals surface area contributed by atoms with Gasteiger partial charge in [0.2, 0.25) is 5.91 Å². The van der Waals surface area contributed by atoms with E-state index < -0.39 is 5.82 Å². The third-order valence-corrected chi connectivity index (χ3v) is 3.22. The maximum Gasteiger partial charge on any atom is 0.251 e. The van der Waals surface area contributed by atoms with Crippen LogP contribution in [-0.4, -0.2) is 30.9 Å². The van der Waals surface area contributed by atoms with Gasteiger partial charge in [-0.1, -0.05) is 20.8 Å². The molecule has 6 heteroatoms. The maximum atomic E-state index is 14.0. The van der Waals surface area contributed by atoms with E-state index in [1.165, 1.54) is 12.1 Å². The molecule has 0 radical (unpaired) electrons. The molecule has 23 heavy (non-hydrogen) atoms. The first-order valence-electron chi connectivity index (χ1n) is 7.94. The van der Waals surface area contributed by atoms with E-state index in [9.17, 15) is 14.0 Å². The predicted octanol–water partition coefficient (Wildman–Crippen LogP) is 2.54. The van der Waals surface area contributed by atoms with Crippen molar-refractivity contribution in [2.45, 2.75) is 40.2 Å². The summed E-state index contributed by atoms with van der Waals surface area (Å²) in [5.74, 6) is -0.999. The monoisotopic (exact) mass is 323 g/mol. The molecule has 0 saturated heterocycles. The van der Waals surface area contributed by atoms with E-state index in [4.69, 9.17) is 0 Å². The molecular weight excluding hydrogens is 297 g/mol. The van der Waals surface area contributed by atoms with Crippen LogP contribution in [0.4, 0.5) is 10.1 Å². The summed E-state index contributed by atoms with van der Waals surface area (Å²) in [6.07, 6.45) is 0.323. The summed E-state index contributed by atoms with van der Waals surface area (Å²) in [5.41, 5.74) is 0.321. The average Bonchev–Trinajstić information content (AvgIpc) is 2.46. The number of rotatable bonds is 8. The van der Waals surface area contributed by atoms with E-state index >= 15 is 0 Å². The summed E-state index contributed by atoms with van der Waals surface area (Å²) in [6, 6.07) is 4.19. The van der Waals surface area contributed by atoms with Crippen LogP contribution in [0, 0.1) is 11.7 Å². The van der Waals surface area contributed by atoms with Crippen molar-refractivity contribution in [2.24, 2.45) is 5.92 Å². The van der Waals surface area contributed by atoms with Crippen LogP contribution in [0.3, 0.4) is 0 Å². The molecular formula is C17H26FN3O2. The van der Waals surface area contributed by atoms with Crippen molar-refractivity contribution in [1.82, 2.24) is 10.6 Å². The molecule has 1 atom stereocenters. The first-order valence-corrected chi connectivity index (χ1v) is 7.94. The molecule has 3 N–H and O–H groups in total. The molecule has 128 valence electrons. The number of nitrogens with one attached hydrogen (secondary N) is 3. The minimum absolute atomic E-state index is 0.0909. The highest BCUT2D eigenvalue weighted by molar-refractivity contribution is 5.96. The molecule has 0 aliphatic heterocycles. The van der Waals surface area contributed by atoms with Gasteiger partial charge >= 0.3 is 0 Å². The largest absolute Gasteiger partial charge is 0.350 e. The fraction of sp³-hybridized carbons (Fsp3) is 0.529. The van der Waals surface area contributed by atoms with E-state index in [0.717, 1.165) is 12.6 Å². The molecule has 2 amide bonds. The van der Waals surface area contributed by atoms with Crippen LogP contribution in [0.15, 0.2) is 18.2 Å². The molecule has 0 heterocycles. The maximum absolute atomic E-state index is 14.0. The minimum Gasteiger partial charge on any atom is -0.350 e. The summed E-state index contributed by atoms with van der Waals surface area (Å²) in [4.78, 5) is 23.7. The van der Waals surface area contributed by atoms with E-state index in [1.807, 2.05) is 27.7 Å². The van der Waals surface area contributed by atoms with Gasteiger partial charge in [-0.15, -0.1) is 0 Å². The number of halogens is 1. The van der Waals surface area contributed by atoms with Crippen molar-refractivity contribution >= 4 is 17.5 Å². The number of hydrogen-bond acceptors (Lipinski definition) is 3. The zero-order chi connectivity index (χ0) is 17.4. The Kier molecular flexibility index (Phi) is 7.68. The molecule has 0 aliphatic rings. The number of amides is 2. The van der Waals surface area contributed by atoms with Crippen LogP contribution in [0.5, 0.6) is 0 Å². The van der Waals surface area contributed by atoms with Crippen LogP contribution in [0.25, 0.3) is 0 Å². The molecule has 0 fully saturated rings. The Morgan fingerprint density at radius 3 is 2.48 bits per heavy atom. The Balaban J connectivity index is 2.64. The average molecular weight is 323 g/mol. The van der Waals surface area contributed by atoms with Gasteiger partial charge in [0.25, 0.3) is 5.91 Å². The second-order valence-electron chi connectivity index (χ2n) is 6.01. The van der Waals surface area contributed by atoms with Gasteiger partial charge in [-0.05, 0) is 37.6 Å². The predicted molar refractivity (Wildman–Crippen MR) is 90.0 cm³/mol. The van der Waals surface area contributed by atoms with Crippen LogP contribution in [0.1, 0.15) is 44.5 Å². The fourth-order valence-corrected chi connectivity index (χ4v) is 2.10. The Bertz CT molecular complexity index is 547. The van der Waals surface area contributed by atoms with Crippen molar-refractivity contribution in [3.05, 3.63) is 29.6 Å². The minimum atomic E-state index is -0.616. The number of hydrogen-bond donors (Lipinski definition) is 3. The third-order valence-electron chi connectivity index (χ3n) is 3.22. The zero-order valence-electron chi connectivity index (χ0n) is 14.2. The number of anilines is 1. The normalized spacial score (nSPS) is 12.1. The molecule has 1 rings (SSSR count). The summed E-state index contributed by atoms with van der Waals surface area (Å²) in [5, 5.41) is 8.43. The van der Waals surface area contributed by atoms with Crippen LogP contribution in [-0.2, 0) is 4.79 Å². The molecule has 0 aromatic heterocycles. The number of carbonyl (C=O) groups excluding carboxylic acids is 2. The van der Waals surface area contributed by atoms with Gasteiger partial charge in [0.1, 0.15) is 5.82 Å².